The first kappa shape index (κ1) is 13.6. The van der Waals surface area contributed by atoms with Crippen LogP contribution in [0.4, 0.5) is 0 Å². The SMILES string of the molecule is CCOc1c(CNC(C)=O)cc(C)c(C)c1C. The molecular formula is C14H21NO2. The number of ether oxygens (including phenoxy) is 1. The van der Waals surface area contributed by atoms with Crippen molar-refractivity contribution >= 4 is 5.91 Å². The molecule has 1 aromatic rings. The van der Waals surface area contributed by atoms with Crippen molar-refractivity contribution in [3.05, 3.63) is 28.3 Å². The van der Waals surface area contributed by atoms with Crippen molar-refractivity contribution < 1.29 is 9.53 Å². The normalized spacial score (nSPS) is 10.2. The molecule has 0 aliphatic heterocycles. The van der Waals surface area contributed by atoms with Crippen molar-refractivity contribution in [1.82, 2.24) is 5.32 Å². The number of rotatable bonds is 4. The van der Waals surface area contributed by atoms with Gasteiger partial charge in [-0.2, -0.15) is 0 Å². The summed E-state index contributed by atoms with van der Waals surface area (Å²) in [6.07, 6.45) is 0. The minimum absolute atomic E-state index is 0.0247. The molecule has 0 fully saturated rings. The molecule has 0 saturated carbocycles. The van der Waals surface area contributed by atoms with Crippen LogP contribution in [0.1, 0.15) is 36.1 Å². The zero-order valence-corrected chi connectivity index (χ0v) is 11.3. The van der Waals surface area contributed by atoms with Crippen LogP contribution in [0.25, 0.3) is 0 Å². The van der Waals surface area contributed by atoms with E-state index in [-0.39, 0.29) is 5.91 Å². The molecule has 17 heavy (non-hydrogen) atoms. The molecule has 0 aromatic heterocycles. The number of amides is 1. The number of aryl methyl sites for hydroxylation is 1. The second-order valence-corrected chi connectivity index (χ2v) is 4.27. The Hall–Kier alpha value is -1.51. The molecule has 0 unspecified atom stereocenters. The Morgan fingerprint density at radius 3 is 2.47 bits per heavy atom. The average Bonchev–Trinajstić information content (AvgIpc) is 2.27. The molecule has 0 aliphatic carbocycles. The molecule has 0 radical (unpaired) electrons. The van der Waals surface area contributed by atoms with E-state index < -0.39 is 0 Å². The van der Waals surface area contributed by atoms with E-state index in [0.717, 1.165) is 16.9 Å². The van der Waals surface area contributed by atoms with Gasteiger partial charge in [-0.1, -0.05) is 6.07 Å². The average molecular weight is 235 g/mol. The quantitative estimate of drug-likeness (QED) is 0.871. The molecule has 0 atom stereocenters. The lowest BCUT2D eigenvalue weighted by Crippen LogP contribution is -2.20. The lowest BCUT2D eigenvalue weighted by atomic mass is 9.99. The van der Waals surface area contributed by atoms with E-state index in [9.17, 15) is 4.79 Å². The Kier molecular flexibility index (Phi) is 4.55. The Labute approximate surface area is 103 Å². The highest BCUT2D eigenvalue weighted by molar-refractivity contribution is 5.73. The van der Waals surface area contributed by atoms with Gasteiger partial charge in [-0.05, 0) is 44.4 Å². The van der Waals surface area contributed by atoms with Crippen LogP contribution in [0.15, 0.2) is 6.07 Å². The van der Waals surface area contributed by atoms with E-state index >= 15 is 0 Å². The van der Waals surface area contributed by atoms with Gasteiger partial charge in [0.15, 0.2) is 0 Å². The molecule has 3 heteroatoms. The fourth-order valence-electron chi connectivity index (χ4n) is 1.84. The first-order valence-corrected chi connectivity index (χ1v) is 5.94. The van der Waals surface area contributed by atoms with Crippen LogP contribution in [0.3, 0.4) is 0 Å². The van der Waals surface area contributed by atoms with Gasteiger partial charge >= 0.3 is 0 Å². The van der Waals surface area contributed by atoms with Crippen molar-refractivity contribution in [2.75, 3.05) is 6.61 Å². The summed E-state index contributed by atoms with van der Waals surface area (Å²) >= 11 is 0. The highest BCUT2D eigenvalue weighted by atomic mass is 16.5. The summed E-state index contributed by atoms with van der Waals surface area (Å²) in [4.78, 5) is 11.0. The molecule has 1 rings (SSSR count). The van der Waals surface area contributed by atoms with Gasteiger partial charge in [-0.15, -0.1) is 0 Å². The number of hydrogen-bond acceptors (Lipinski definition) is 2. The fourth-order valence-corrected chi connectivity index (χ4v) is 1.84. The number of benzene rings is 1. The van der Waals surface area contributed by atoms with Crippen LogP contribution in [0, 0.1) is 20.8 Å². The second-order valence-electron chi connectivity index (χ2n) is 4.27. The van der Waals surface area contributed by atoms with E-state index in [0.29, 0.717) is 13.2 Å². The van der Waals surface area contributed by atoms with E-state index in [1.165, 1.54) is 18.1 Å². The van der Waals surface area contributed by atoms with Crippen LogP contribution >= 0.6 is 0 Å². The van der Waals surface area contributed by atoms with E-state index in [1.54, 1.807) is 0 Å². The highest BCUT2D eigenvalue weighted by Gasteiger charge is 2.11. The maximum Gasteiger partial charge on any atom is 0.217 e. The summed E-state index contributed by atoms with van der Waals surface area (Å²) in [5.41, 5.74) is 4.68. The first-order chi connectivity index (χ1) is 7.97. The molecule has 1 N–H and O–H groups in total. The van der Waals surface area contributed by atoms with Gasteiger partial charge in [0.1, 0.15) is 5.75 Å². The Balaban J connectivity index is 3.12. The molecule has 1 amide bonds. The molecule has 0 aliphatic rings. The minimum atomic E-state index is -0.0247. The third-order valence-electron chi connectivity index (χ3n) is 2.99. The molecule has 0 saturated heterocycles. The highest BCUT2D eigenvalue weighted by Crippen LogP contribution is 2.29. The summed E-state index contributed by atoms with van der Waals surface area (Å²) in [5, 5.41) is 2.82. The van der Waals surface area contributed by atoms with Gasteiger partial charge in [0, 0.05) is 19.0 Å². The standard InChI is InChI=1S/C14H21NO2/c1-6-17-14-11(4)10(3)9(2)7-13(14)8-15-12(5)16/h7H,6,8H2,1-5H3,(H,15,16). The summed E-state index contributed by atoms with van der Waals surface area (Å²) in [6.45, 7) is 10.9. The zero-order chi connectivity index (χ0) is 13.0. The van der Waals surface area contributed by atoms with Crippen LogP contribution < -0.4 is 10.1 Å². The predicted octanol–water partition coefficient (Wildman–Crippen LogP) is 2.65. The smallest absolute Gasteiger partial charge is 0.217 e. The lowest BCUT2D eigenvalue weighted by Gasteiger charge is -2.17. The lowest BCUT2D eigenvalue weighted by molar-refractivity contribution is -0.119. The number of carbonyl (C=O) groups excluding carboxylic acids is 1. The number of hydrogen-bond donors (Lipinski definition) is 1. The fraction of sp³-hybridized carbons (Fsp3) is 0.500. The molecular weight excluding hydrogens is 214 g/mol. The van der Waals surface area contributed by atoms with Gasteiger partial charge in [-0.3, -0.25) is 4.79 Å². The van der Waals surface area contributed by atoms with Crippen molar-refractivity contribution in [1.29, 1.82) is 0 Å². The van der Waals surface area contributed by atoms with Crippen LogP contribution in [-0.2, 0) is 11.3 Å². The van der Waals surface area contributed by atoms with Crippen LogP contribution in [0.2, 0.25) is 0 Å². The summed E-state index contributed by atoms with van der Waals surface area (Å²) in [5.74, 6) is 0.882. The van der Waals surface area contributed by atoms with Gasteiger partial charge in [0.2, 0.25) is 5.91 Å². The molecule has 0 spiro atoms. The summed E-state index contributed by atoms with van der Waals surface area (Å²) < 4.78 is 5.68. The monoisotopic (exact) mass is 235 g/mol. The maximum atomic E-state index is 11.0. The number of carbonyl (C=O) groups is 1. The molecule has 94 valence electrons. The van der Waals surface area contributed by atoms with E-state index in [2.05, 4.69) is 32.2 Å². The van der Waals surface area contributed by atoms with E-state index in [1.807, 2.05) is 6.92 Å². The number of nitrogens with one attached hydrogen (secondary N) is 1. The van der Waals surface area contributed by atoms with Gasteiger partial charge in [-0.25, -0.2) is 0 Å². The second kappa shape index (κ2) is 5.71. The van der Waals surface area contributed by atoms with Crippen LogP contribution in [0.5, 0.6) is 5.75 Å². The predicted molar refractivity (Wildman–Crippen MR) is 69.3 cm³/mol. The first-order valence-electron chi connectivity index (χ1n) is 5.94. The van der Waals surface area contributed by atoms with Crippen molar-refractivity contribution in [2.45, 2.75) is 41.2 Å². The maximum absolute atomic E-state index is 11.0. The van der Waals surface area contributed by atoms with Gasteiger partial charge < -0.3 is 10.1 Å². The molecule has 1 aromatic carbocycles. The third-order valence-corrected chi connectivity index (χ3v) is 2.99. The third kappa shape index (κ3) is 3.22. The van der Waals surface area contributed by atoms with Gasteiger partial charge in [0.25, 0.3) is 0 Å². The summed E-state index contributed by atoms with van der Waals surface area (Å²) in [7, 11) is 0. The molecule has 0 heterocycles. The van der Waals surface area contributed by atoms with Crippen molar-refractivity contribution in [2.24, 2.45) is 0 Å². The van der Waals surface area contributed by atoms with Crippen LogP contribution in [-0.4, -0.2) is 12.5 Å². The molecule has 0 bridgehead atoms. The van der Waals surface area contributed by atoms with Crippen molar-refractivity contribution in [3.8, 4) is 5.75 Å². The Morgan fingerprint density at radius 2 is 1.94 bits per heavy atom. The zero-order valence-electron chi connectivity index (χ0n) is 11.3. The topological polar surface area (TPSA) is 38.3 Å². The van der Waals surface area contributed by atoms with Crippen molar-refractivity contribution in [3.63, 3.8) is 0 Å². The van der Waals surface area contributed by atoms with E-state index in [4.69, 9.17) is 4.74 Å². The Bertz CT molecular complexity index is 425. The minimum Gasteiger partial charge on any atom is -0.493 e. The summed E-state index contributed by atoms with van der Waals surface area (Å²) in [6, 6.07) is 2.09. The molecule has 3 nitrogen and oxygen atoms in total. The largest absolute Gasteiger partial charge is 0.493 e. The Morgan fingerprint density at radius 1 is 1.29 bits per heavy atom. The van der Waals surface area contributed by atoms with Gasteiger partial charge in [0.05, 0.1) is 6.61 Å².